The summed E-state index contributed by atoms with van der Waals surface area (Å²) >= 11 is 1.97. The number of halogens is 1. The predicted molar refractivity (Wildman–Crippen MR) is 44.0 cm³/mol. The molecule has 1 aliphatic carbocycles. The highest BCUT2D eigenvalue weighted by Crippen LogP contribution is 2.44. The van der Waals surface area contributed by atoms with E-state index in [1.165, 1.54) is 32.2 Å². The first-order valence-corrected chi connectivity index (χ1v) is 4.14. The van der Waals surface area contributed by atoms with E-state index >= 15 is 0 Å². The molecule has 3 heteroatoms. The minimum atomic E-state index is 0. The molecule has 0 radical (unpaired) electrons. The number of rotatable bonds is 0. The van der Waals surface area contributed by atoms with Crippen LogP contribution in [0.2, 0.25) is 0 Å². The van der Waals surface area contributed by atoms with Crippen LogP contribution in [0.5, 0.6) is 0 Å². The summed E-state index contributed by atoms with van der Waals surface area (Å²) in [7, 11) is 0. The van der Waals surface area contributed by atoms with E-state index in [0.29, 0.717) is 0 Å². The van der Waals surface area contributed by atoms with Crippen LogP contribution in [0.1, 0.15) is 25.7 Å². The van der Waals surface area contributed by atoms with Crippen molar-refractivity contribution < 1.29 is 0 Å². The van der Waals surface area contributed by atoms with Crippen LogP contribution in [-0.2, 0) is 0 Å². The van der Waals surface area contributed by atoms with Crippen LogP contribution in [0.3, 0.4) is 0 Å². The van der Waals surface area contributed by atoms with Crippen LogP contribution in [0.25, 0.3) is 0 Å². The summed E-state index contributed by atoms with van der Waals surface area (Å²) in [6, 6.07) is 0. The first kappa shape index (κ1) is 7.70. The fourth-order valence-electron chi connectivity index (χ4n) is 1.57. The van der Waals surface area contributed by atoms with Gasteiger partial charge in [-0.2, -0.15) is 0 Å². The molecular weight excluding hydrogens is 154 g/mol. The lowest BCUT2D eigenvalue weighted by molar-refractivity contribution is 0.551. The zero-order valence-corrected chi connectivity index (χ0v) is 6.99. The molecule has 0 amide bonds. The Morgan fingerprint density at radius 3 is 2.00 bits per heavy atom. The highest BCUT2D eigenvalue weighted by Gasteiger charge is 2.40. The minimum Gasteiger partial charge on any atom is -0.262 e. The van der Waals surface area contributed by atoms with Gasteiger partial charge in [0.25, 0.3) is 0 Å². The number of hydrogen-bond donors (Lipinski definition) is 1. The van der Waals surface area contributed by atoms with Crippen molar-refractivity contribution >= 4 is 24.4 Å². The van der Waals surface area contributed by atoms with E-state index in [9.17, 15) is 0 Å². The molecule has 1 heterocycles. The normalized spacial score (nSPS) is 29.3. The van der Waals surface area contributed by atoms with Crippen molar-refractivity contribution in [3.05, 3.63) is 0 Å². The van der Waals surface area contributed by atoms with Crippen molar-refractivity contribution in [2.24, 2.45) is 0 Å². The molecule has 0 aromatic carbocycles. The highest BCUT2D eigenvalue weighted by molar-refractivity contribution is 8.00. The van der Waals surface area contributed by atoms with Gasteiger partial charge in [-0.3, -0.25) is 4.72 Å². The molecular formula is C6H12ClNS. The van der Waals surface area contributed by atoms with Crippen LogP contribution in [0.4, 0.5) is 0 Å². The summed E-state index contributed by atoms with van der Waals surface area (Å²) in [6.07, 6.45) is 5.86. The van der Waals surface area contributed by atoms with Gasteiger partial charge in [-0.05, 0) is 12.8 Å². The number of nitrogens with one attached hydrogen (secondary N) is 1. The molecule has 2 fully saturated rings. The summed E-state index contributed by atoms with van der Waals surface area (Å²) in [5, 5.41) is 0. The van der Waals surface area contributed by atoms with Crippen molar-refractivity contribution in [1.82, 2.24) is 4.72 Å². The predicted octanol–water partition coefficient (Wildman–Crippen LogP) is 1.97. The fraction of sp³-hybridized carbons (Fsp3) is 1.00. The summed E-state index contributed by atoms with van der Waals surface area (Å²) < 4.78 is 3.98. The number of hydrogen-bond acceptors (Lipinski definition) is 2. The summed E-state index contributed by atoms with van der Waals surface area (Å²) in [6.45, 7) is 1.28. The summed E-state index contributed by atoms with van der Waals surface area (Å²) in [5.41, 5.74) is 0. The lowest BCUT2D eigenvalue weighted by Gasteiger charge is -2.37. The standard InChI is InChI=1S/C6H11NS.ClH/c1-2-4-6(3-1)5-7-8-6;/h7H,1-5H2;1H. The average molecular weight is 166 g/mol. The molecule has 1 nitrogen and oxygen atoms in total. The molecule has 1 N–H and O–H groups in total. The van der Waals surface area contributed by atoms with Gasteiger partial charge >= 0.3 is 0 Å². The second-order valence-corrected chi connectivity index (χ2v) is 4.17. The van der Waals surface area contributed by atoms with Gasteiger partial charge in [0.05, 0.1) is 0 Å². The van der Waals surface area contributed by atoms with Crippen molar-refractivity contribution in [2.75, 3.05) is 6.54 Å². The Bertz CT molecular complexity index is 95.2. The molecule has 2 rings (SSSR count). The Labute approximate surface area is 66.5 Å². The quantitative estimate of drug-likeness (QED) is 0.551. The average Bonchev–Trinajstić information content (AvgIpc) is 2.07. The van der Waals surface area contributed by atoms with Crippen molar-refractivity contribution in [1.29, 1.82) is 0 Å². The Kier molecular flexibility index (Phi) is 2.30. The topological polar surface area (TPSA) is 12.0 Å². The smallest absolute Gasteiger partial charge is 0.0438 e. The lowest BCUT2D eigenvalue weighted by atomic mass is 10.1. The van der Waals surface area contributed by atoms with Gasteiger partial charge < -0.3 is 0 Å². The third-order valence-corrected chi connectivity index (χ3v) is 3.47. The van der Waals surface area contributed by atoms with Gasteiger partial charge in [0.1, 0.15) is 0 Å². The zero-order chi connectivity index (χ0) is 5.45. The van der Waals surface area contributed by atoms with E-state index in [1.54, 1.807) is 0 Å². The Morgan fingerprint density at radius 2 is 1.78 bits per heavy atom. The lowest BCUT2D eigenvalue weighted by Crippen LogP contribution is -2.45. The fourth-order valence-corrected chi connectivity index (χ4v) is 2.62. The maximum Gasteiger partial charge on any atom is 0.0438 e. The van der Waals surface area contributed by atoms with E-state index < -0.39 is 0 Å². The van der Waals surface area contributed by atoms with E-state index in [-0.39, 0.29) is 12.4 Å². The summed E-state index contributed by atoms with van der Waals surface area (Å²) in [5.74, 6) is 0. The Hall–Kier alpha value is 0.600. The molecule has 1 aliphatic heterocycles. The van der Waals surface area contributed by atoms with Crippen LogP contribution < -0.4 is 4.72 Å². The van der Waals surface area contributed by atoms with Gasteiger partial charge in [-0.15, -0.1) is 12.4 Å². The van der Waals surface area contributed by atoms with Gasteiger partial charge in [0.15, 0.2) is 0 Å². The van der Waals surface area contributed by atoms with Gasteiger partial charge in [-0.1, -0.05) is 24.8 Å². The first-order valence-electron chi connectivity index (χ1n) is 3.32. The van der Waals surface area contributed by atoms with E-state index in [0.717, 1.165) is 4.75 Å². The Morgan fingerprint density at radius 1 is 1.22 bits per heavy atom. The van der Waals surface area contributed by atoms with Crippen molar-refractivity contribution in [2.45, 2.75) is 30.4 Å². The van der Waals surface area contributed by atoms with Crippen LogP contribution >= 0.6 is 24.4 Å². The van der Waals surface area contributed by atoms with Crippen LogP contribution in [0, 0.1) is 0 Å². The molecule has 9 heavy (non-hydrogen) atoms. The minimum absolute atomic E-state index is 0. The van der Waals surface area contributed by atoms with Gasteiger partial charge in [0, 0.05) is 11.3 Å². The molecule has 1 spiro atoms. The molecule has 54 valence electrons. The molecule has 0 aromatic rings. The SMILES string of the molecule is C1CCC2(C1)CNS2.Cl. The molecule has 0 aromatic heterocycles. The zero-order valence-electron chi connectivity index (χ0n) is 5.35. The van der Waals surface area contributed by atoms with E-state index in [4.69, 9.17) is 0 Å². The molecule has 0 atom stereocenters. The molecule has 2 aliphatic rings. The molecule has 1 saturated heterocycles. The Balaban J connectivity index is 0.000000405. The van der Waals surface area contributed by atoms with Gasteiger partial charge in [-0.25, -0.2) is 0 Å². The maximum absolute atomic E-state index is 3.26. The summed E-state index contributed by atoms with van der Waals surface area (Å²) in [4.78, 5) is 0. The molecule has 0 bridgehead atoms. The third kappa shape index (κ3) is 1.21. The van der Waals surface area contributed by atoms with Crippen LogP contribution in [0.15, 0.2) is 0 Å². The maximum atomic E-state index is 3.26. The second-order valence-electron chi connectivity index (χ2n) is 2.81. The van der Waals surface area contributed by atoms with E-state index in [1.807, 2.05) is 11.9 Å². The first-order chi connectivity index (χ1) is 3.91. The monoisotopic (exact) mass is 165 g/mol. The van der Waals surface area contributed by atoms with Crippen LogP contribution in [-0.4, -0.2) is 11.3 Å². The third-order valence-electron chi connectivity index (χ3n) is 2.20. The van der Waals surface area contributed by atoms with Gasteiger partial charge in [0.2, 0.25) is 0 Å². The van der Waals surface area contributed by atoms with E-state index in [2.05, 4.69) is 4.72 Å². The second kappa shape index (κ2) is 2.69. The van der Waals surface area contributed by atoms with Crippen molar-refractivity contribution in [3.8, 4) is 0 Å². The highest BCUT2D eigenvalue weighted by atomic mass is 35.5. The largest absolute Gasteiger partial charge is 0.262 e. The van der Waals surface area contributed by atoms with Crippen molar-refractivity contribution in [3.63, 3.8) is 0 Å². The molecule has 0 unspecified atom stereocenters. The molecule has 1 saturated carbocycles.